The van der Waals surface area contributed by atoms with Crippen LogP contribution in [0.2, 0.25) is 0 Å². The van der Waals surface area contributed by atoms with Gasteiger partial charge in [0.05, 0.1) is 17.9 Å². The largest absolute Gasteiger partial charge is 0.481 e. The summed E-state index contributed by atoms with van der Waals surface area (Å²) >= 11 is 0. The molecule has 1 N–H and O–H groups in total. The van der Waals surface area contributed by atoms with Gasteiger partial charge in [-0.15, -0.1) is 0 Å². The van der Waals surface area contributed by atoms with Crippen LogP contribution in [0.25, 0.3) is 0 Å². The topological polar surface area (TPSA) is 57.6 Å². The zero-order chi connectivity index (χ0) is 15.4. The van der Waals surface area contributed by atoms with Crippen LogP contribution in [0.15, 0.2) is 42.5 Å². The SMILES string of the molecule is CC(c1ccccc1)N(C)C(=O)C1CC=CCC1C(=O)O. The second-order valence-corrected chi connectivity index (χ2v) is 5.53. The number of allylic oxidation sites excluding steroid dienone is 2. The number of carbonyl (C=O) groups is 2. The number of amides is 1. The summed E-state index contributed by atoms with van der Waals surface area (Å²) in [7, 11) is 1.75. The lowest BCUT2D eigenvalue weighted by Crippen LogP contribution is -2.40. The van der Waals surface area contributed by atoms with Crippen molar-refractivity contribution in [3.63, 3.8) is 0 Å². The van der Waals surface area contributed by atoms with E-state index in [0.29, 0.717) is 12.8 Å². The molecule has 1 aromatic rings. The van der Waals surface area contributed by atoms with Crippen molar-refractivity contribution in [3.8, 4) is 0 Å². The van der Waals surface area contributed by atoms with Gasteiger partial charge < -0.3 is 10.0 Å². The van der Waals surface area contributed by atoms with Gasteiger partial charge in [0.2, 0.25) is 5.91 Å². The summed E-state index contributed by atoms with van der Waals surface area (Å²) in [4.78, 5) is 25.6. The van der Waals surface area contributed by atoms with Crippen LogP contribution in [-0.4, -0.2) is 28.9 Å². The van der Waals surface area contributed by atoms with Gasteiger partial charge in [-0.25, -0.2) is 0 Å². The van der Waals surface area contributed by atoms with E-state index in [0.717, 1.165) is 5.56 Å². The normalized spacial score (nSPS) is 22.6. The Bertz CT molecular complexity index is 538. The Morgan fingerprint density at radius 3 is 2.29 bits per heavy atom. The minimum Gasteiger partial charge on any atom is -0.481 e. The molecule has 3 atom stereocenters. The maximum absolute atomic E-state index is 12.7. The highest BCUT2D eigenvalue weighted by atomic mass is 16.4. The number of hydrogen-bond donors (Lipinski definition) is 1. The minimum absolute atomic E-state index is 0.0703. The summed E-state index contributed by atoms with van der Waals surface area (Å²) in [5, 5.41) is 9.29. The summed E-state index contributed by atoms with van der Waals surface area (Å²) in [6.07, 6.45) is 4.69. The van der Waals surface area contributed by atoms with Crippen LogP contribution in [0.3, 0.4) is 0 Å². The van der Waals surface area contributed by atoms with Crippen LogP contribution in [0.5, 0.6) is 0 Å². The second kappa shape index (κ2) is 6.57. The fourth-order valence-corrected chi connectivity index (χ4v) is 2.77. The van der Waals surface area contributed by atoms with Crippen molar-refractivity contribution in [1.82, 2.24) is 4.90 Å². The quantitative estimate of drug-likeness (QED) is 0.866. The number of carboxylic acid groups (broad SMARTS) is 1. The molecule has 0 heterocycles. The van der Waals surface area contributed by atoms with Gasteiger partial charge in [-0.1, -0.05) is 42.5 Å². The van der Waals surface area contributed by atoms with Crippen molar-refractivity contribution >= 4 is 11.9 Å². The molecule has 0 fully saturated rings. The predicted octanol–water partition coefficient (Wildman–Crippen LogP) is 2.87. The van der Waals surface area contributed by atoms with Crippen molar-refractivity contribution in [3.05, 3.63) is 48.0 Å². The first-order chi connectivity index (χ1) is 10.0. The second-order valence-electron chi connectivity index (χ2n) is 5.53. The Kier molecular flexibility index (Phi) is 4.78. The molecule has 1 aliphatic rings. The molecule has 21 heavy (non-hydrogen) atoms. The van der Waals surface area contributed by atoms with E-state index < -0.39 is 17.8 Å². The van der Waals surface area contributed by atoms with E-state index in [2.05, 4.69) is 0 Å². The fourth-order valence-electron chi connectivity index (χ4n) is 2.77. The molecule has 112 valence electrons. The van der Waals surface area contributed by atoms with Gasteiger partial charge in [-0.2, -0.15) is 0 Å². The van der Waals surface area contributed by atoms with E-state index in [1.54, 1.807) is 11.9 Å². The Hall–Kier alpha value is -2.10. The highest BCUT2D eigenvalue weighted by Gasteiger charge is 2.36. The third-order valence-corrected chi connectivity index (χ3v) is 4.28. The Balaban J connectivity index is 2.14. The molecular weight excluding hydrogens is 266 g/mol. The maximum atomic E-state index is 12.7. The lowest BCUT2D eigenvalue weighted by molar-refractivity contribution is -0.150. The molecule has 1 amide bonds. The van der Waals surface area contributed by atoms with Crippen molar-refractivity contribution in [1.29, 1.82) is 0 Å². The molecule has 2 rings (SSSR count). The van der Waals surface area contributed by atoms with Crippen LogP contribution < -0.4 is 0 Å². The predicted molar refractivity (Wildman–Crippen MR) is 80.6 cm³/mol. The first-order valence-electron chi connectivity index (χ1n) is 7.21. The summed E-state index contributed by atoms with van der Waals surface area (Å²) in [6, 6.07) is 9.69. The van der Waals surface area contributed by atoms with Crippen LogP contribution in [0.4, 0.5) is 0 Å². The van der Waals surface area contributed by atoms with Crippen LogP contribution in [-0.2, 0) is 9.59 Å². The lowest BCUT2D eigenvalue weighted by atomic mass is 9.82. The first kappa shape index (κ1) is 15.3. The van der Waals surface area contributed by atoms with Crippen molar-refractivity contribution < 1.29 is 14.7 Å². The van der Waals surface area contributed by atoms with E-state index in [1.807, 2.05) is 49.4 Å². The van der Waals surface area contributed by atoms with Gasteiger partial charge in [-0.3, -0.25) is 9.59 Å². The molecule has 0 saturated heterocycles. The Morgan fingerprint density at radius 1 is 1.14 bits per heavy atom. The molecule has 0 spiro atoms. The summed E-state index contributed by atoms with van der Waals surface area (Å²) in [5.74, 6) is -2.07. The zero-order valence-electron chi connectivity index (χ0n) is 12.4. The van der Waals surface area contributed by atoms with Gasteiger partial charge in [0.15, 0.2) is 0 Å². The lowest BCUT2D eigenvalue weighted by Gasteiger charge is -2.32. The molecule has 0 bridgehead atoms. The van der Waals surface area contributed by atoms with E-state index >= 15 is 0 Å². The van der Waals surface area contributed by atoms with Crippen LogP contribution in [0.1, 0.15) is 31.4 Å². The van der Waals surface area contributed by atoms with E-state index in [1.165, 1.54) is 0 Å². The van der Waals surface area contributed by atoms with E-state index in [4.69, 9.17) is 0 Å². The Morgan fingerprint density at radius 2 is 1.71 bits per heavy atom. The van der Waals surface area contributed by atoms with Gasteiger partial charge >= 0.3 is 5.97 Å². The molecule has 4 heteroatoms. The molecule has 1 aliphatic carbocycles. The highest BCUT2D eigenvalue weighted by molar-refractivity contribution is 5.85. The van der Waals surface area contributed by atoms with Crippen molar-refractivity contribution in [2.45, 2.75) is 25.8 Å². The van der Waals surface area contributed by atoms with E-state index in [-0.39, 0.29) is 11.9 Å². The maximum Gasteiger partial charge on any atom is 0.307 e. The van der Waals surface area contributed by atoms with Crippen molar-refractivity contribution in [2.24, 2.45) is 11.8 Å². The Labute approximate surface area is 125 Å². The molecule has 0 radical (unpaired) electrons. The molecule has 3 unspecified atom stereocenters. The number of benzene rings is 1. The average molecular weight is 287 g/mol. The number of nitrogens with zero attached hydrogens (tertiary/aromatic N) is 1. The monoisotopic (exact) mass is 287 g/mol. The highest BCUT2D eigenvalue weighted by Crippen LogP contribution is 2.30. The van der Waals surface area contributed by atoms with Gasteiger partial charge in [0.1, 0.15) is 0 Å². The molecular formula is C17H21NO3. The average Bonchev–Trinajstić information content (AvgIpc) is 2.53. The summed E-state index contributed by atoms with van der Waals surface area (Å²) in [6.45, 7) is 1.96. The molecule has 0 aromatic heterocycles. The van der Waals surface area contributed by atoms with Gasteiger partial charge in [0.25, 0.3) is 0 Å². The number of carboxylic acids is 1. The number of aliphatic carboxylic acids is 1. The standard InChI is InChI=1S/C17H21NO3/c1-12(13-8-4-3-5-9-13)18(2)16(19)14-10-6-7-11-15(14)17(20)21/h3-9,12,14-15H,10-11H2,1-2H3,(H,20,21). The zero-order valence-corrected chi connectivity index (χ0v) is 12.4. The van der Waals surface area contributed by atoms with Crippen LogP contribution >= 0.6 is 0 Å². The number of carbonyl (C=O) groups excluding carboxylic acids is 1. The molecule has 0 aliphatic heterocycles. The van der Waals surface area contributed by atoms with Crippen LogP contribution in [0, 0.1) is 11.8 Å². The van der Waals surface area contributed by atoms with Crippen molar-refractivity contribution in [2.75, 3.05) is 7.05 Å². The molecule has 1 aromatic carbocycles. The fraction of sp³-hybridized carbons (Fsp3) is 0.412. The van der Waals surface area contributed by atoms with E-state index in [9.17, 15) is 14.7 Å². The third-order valence-electron chi connectivity index (χ3n) is 4.28. The van der Waals surface area contributed by atoms with Gasteiger partial charge in [-0.05, 0) is 25.3 Å². The molecule has 4 nitrogen and oxygen atoms in total. The number of hydrogen-bond acceptors (Lipinski definition) is 2. The summed E-state index contributed by atoms with van der Waals surface area (Å²) < 4.78 is 0. The van der Waals surface area contributed by atoms with Gasteiger partial charge in [0, 0.05) is 7.05 Å². The summed E-state index contributed by atoms with van der Waals surface area (Å²) in [5.41, 5.74) is 1.05. The first-order valence-corrected chi connectivity index (χ1v) is 7.21. The minimum atomic E-state index is -0.890. The number of rotatable bonds is 4. The third kappa shape index (κ3) is 3.32. The molecule has 0 saturated carbocycles. The smallest absolute Gasteiger partial charge is 0.307 e.